The van der Waals surface area contributed by atoms with Crippen molar-refractivity contribution in [3.63, 3.8) is 0 Å². The first kappa shape index (κ1) is 33.3. The van der Waals surface area contributed by atoms with Crippen LogP contribution in [0.15, 0.2) is 72.0 Å². The van der Waals surface area contributed by atoms with Gasteiger partial charge in [0.25, 0.3) is 0 Å². The van der Waals surface area contributed by atoms with E-state index in [0.29, 0.717) is 41.3 Å². The zero-order valence-corrected chi connectivity index (χ0v) is 27.0. The van der Waals surface area contributed by atoms with E-state index in [4.69, 9.17) is 20.2 Å². The summed E-state index contributed by atoms with van der Waals surface area (Å²) in [4.78, 5) is 28.9. The SMILES string of the molecule is CN=C/C(=C\N)c1cc(F)c(COc2cccc(-c3cc(F)c(Cc4nc5ccc(C(=O)O)cc5n4C4COCC4(C)C)cc3F)n2)cn1. The summed E-state index contributed by atoms with van der Waals surface area (Å²) < 4.78 is 59.6. The van der Waals surface area contributed by atoms with Crippen LogP contribution < -0.4 is 10.5 Å². The number of allylic oxidation sites excluding steroid dienone is 1. The minimum Gasteiger partial charge on any atom is -0.478 e. The van der Waals surface area contributed by atoms with Gasteiger partial charge in [0.2, 0.25) is 5.88 Å². The molecule has 49 heavy (non-hydrogen) atoms. The van der Waals surface area contributed by atoms with Crippen molar-refractivity contribution in [1.29, 1.82) is 0 Å². The molecule has 1 saturated heterocycles. The van der Waals surface area contributed by atoms with Gasteiger partial charge in [-0.05, 0) is 42.0 Å². The molecule has 1 aliphatic heterocycles. The molecule has 0 aliphatic carbocycles. The third-order valence-electron chi connectivity index (χ3n) is 8.51. The molecule has 252 valence electrons. The number of pyridine rings is 2. The molecule has 3 aromatic heterocycles. The van der Waals surface area contributed by atoms with E-state index >= 15 is 8.78 Å². The van der Waals surface area contributed by atoms with Crippen molar-refractivity contribution in [3.8, 4) is 17.1 Å². The van der Waals surface area contributed by atoms with Crippen LogP contribution in [0.4, 0.5) is 13.2 Å². The van der Waals surface area contributed by atoms with Crippen LogP contribution in [0.5, 0.6) is 5.88 Å². The van der Waals surface area contributed by atoms with Crippen LogP contribution in [0.1, 0.15) is 52.9 Å². The highest BCUT2D eigenvalue weighted by Gasteiger charge is 2.39. The van der Waals surface area contributed by atoms with Gasteiger partial charge >= 0.3 is 5.97 Å². The highest BCUT2D eigenvalue weighted by atomic mass is 19.1. The summed E-state index contributed by atoms with van der Waals surface area (Å²) in [5.74, 6) is -2.53. The van der Waals surface area contributed by atoms with E-state index in [1.54, 1.807) is 25.2 Å². The summed E-state index contributed by atoms with van der Waals surface area (Å²) in [5, 5.41) is 9.61. The number of ether oxygens (including phenoxy) is 2. The number of imidazole rings is 1. The number of carboxylic acids is 1. The van der Waals surface area contributed by atoms with Gasteiger partial charge in [0.05, 0.1) is 47.2 Å². The maximum absolute atomic E-state index is 15.7. The zero-order valence-electron chi connectivity index (χ0n) is 27.0. The van der Waals surface area contributed by atoms with E-state index in [-0.39, 0.29) is 58.3 Å². The van der Waals surface area contributed by atoms with E-state index in [2.05, 4.69) is 15.0 Å². The van der Waals surface area contributed by atoms with Crippen LogP contribution in [0.25, 0.3) is 27.9 Å². The monoisotopic (exact) mass is 670 g/mol. The van der Waals surface area contributed by atoms with Crippen molar-refractivity contribution in [2.45, 2.75) is 32.9 Å². The lowest BCUT2D eigenvalue weighted by molar-refractivity contribution is 0.0697. The fourth-order valence-electron chi connectivity index (χ4n) is 5.87. The Morgan fingerprint density at radius 1 is 1.10 bits per heavy atom. The Morgan fingerprint density at radius 2 is 1.90 bits per heavy atom. The molecule has 10 nitrogen and oxygen atoms in total. The Bertz CT molecular complexity index is 2130. The minimum absolute atomic E-state index is 0.0599. The van der Waals surface area contributed by atoms with Gasteiger partial charge in [-0.15, -0.1) is 0 Å². The van der Waals surface area contributed by atoms with Gasteiger partial charge < -0.3 is 24.9 Å². The highest BCUT2D eigenvalue weighted by Crippen LogP contribution is 2.40. The number of rotatable bonds is 10. The van der Waals surface area contributed by atoms with E-state index in [9.17, 15) is 14.3 Å². The molecule has 0 bridgehead atoms. The molecule has 0 radical (unpaired) electrons. The molecule has 5 aromatic rings. The molecule has 0 spiro atoms. The molecular formula is C36H33F3N6O4. The van der Waals surface area contributed by atoms with E-state index in [1.807, 2.05) is 18.4 Å². The lowest BCUT2D eigenvalue weighted by Gasteiger charge is -2.28. The van der Waals surface area contributed by atoms with Gasteiger partial charge in [0.1, 0.15) is 29.9 Å². The predicted octanol–water partition coefficient (Wildman–Crippen LogP) is 6.38. The number of aromatic nitrogens is 4. The second-order valence-corrected chi connectivity index (χ2v) is 12.3. The van der Waals surface area contributed by atoms with E-state index in [1.165, 1.54) is 42.9 Å². The summed E-state index contributed by atoms with van der Waals surface area (Å²) in [7, 11) is 1.56. The lowest BCUT2D eigenvalue weighted by Crippen LogP contribution is -2.27. The van der Waals surface area contributed by atoms with Crippen LogP contribution in [-0.4, -0.2) is 57.1 Å². The van der Waals surface area contributed by atoms with Crippen LogP contribution in [0.2, 0.25) is 0 Å². The number of nitrogens with two attached hydrogens (primary N) is 1. The van der Waals surface area contributed by atoms with Crippen molar-refractivity contribution in [2.24, 2.45) is 16.1 Å². The van der Waals surface area contributed by atoms with Crippen molar-refractivity contribution in [2.75, 3.05) is 20.3 Å². The second-order valence-electron chi connectivity index (χ2n) is 12.3. The Hall–Kier alpha value is -5.56. The number of halogens is 3. The molecule has 4 heterocycles. The van der Waals surface area contributed by atoms with Crippen molar-refractivity contribution < 1.29 is 32.5 Å². The first-order valence-corrected chi connectivity index (χ1v) is 15.4. The van der Waals surface area contributed by atoms with Crippen LogP contribution in [-0.2, 0) is 17.8 Å². The number of carboxylic acid groups (broad SMARTS) is 1. The third-order valence-corrected chi connectivity index (χ3v) is 8.51. The first-order valence-electron chi connectivity index (χ1n) is 15.4. The van der Waals surface area contributed by atoms with E-state index in [0.717, 1.165) is 12.1 Å². The standard InChI is InChI=1S/C36H33F3N6O4/c1-36(2)19-48-18-32(36)45-31-10-20(35(46)47)7-8-29(31)43-33(45)11-21-9-27(39)24(12-25(21)37)28-5-4-6-34(44-28)49-17-23-16-42-30(13-26(23)38)22(14-40)15-41-3/h4-10,12-16,32H,11,17-19,40H2,1-3H3,(H,46,47)/b22-14+,41-15?. The third kappa shape index (κ3) is 6.74. The minimum atomic E-state index is -1.08. The number of hydrogen-bond acceptors (Lipinski definition) is 8. The highest BCUT2D eigenvalue weighted by molar-refractivity contribution is 6.08. The molecule has 13 heteroatoms. The molecule has 1 atom stereocenters. The summed E-state index contributed by atoms with van der Waals surface area (Å²) in [5.41, 5.74) is 7.45. The second kappa shape index (κ2) is 13.5. The van der Waals surface area contributed by atoms with E-state index < -0.39 is 23.4 Å². The quantitative estimate of drug-likeness (QED) is 0.164. The number of nitrogens with zero attached hydrogens (tertiary/aromatic N) is 5. The smallest absolute Gasteiger partial charge is 0.335 e. The fourth-order valence-corrected chi connectivity index (χ4v) is 5.87. The number of aliphatic imine (C=N–C) groups is 1. The van der Waals surface area contributed by atoms with Gasteiger partial charge in [0.15, 0.2) is 0 Å². The number of aromatic carboxylic acids is 1. The van der Waals surface area contributed by atoms with Crippen molar-refractivity contribution in [1.82, 2.24) is 19.5 Å². The van der Waals surface area contributed by atoms with Gasteiger partial charge in [0, 0.05) is 66.3 Å². The largest absolute Gasteiger partial charge is 0.478 e. The number of hydrogen-bond donors (Lipinski definition) is 2. The van der Waals surface area contributed by atoms with Gasteiger partial charge in [-0.3, -0.25) is 9.98 Å². The zero-order chi connectivity index (χ0) is 34.9. The summed E-state index contributed by atoms with van der Waals surface area (Å²) in [6.07, 6.45) is 3.99. The maximum atomic E-state index is 15.7. The van der Waals surface area contributed by atoms with Crippen molar-refractivity contribution >= 4 is 28.8 Å². The molecule has 1 unspecified atom stereocenters. The Kier molecular flexibility index (Phi) is 9.20. The molecule has 0 saturated carbocycles. The molecule has 0 amide bonds. The van der Waals surface area contributed by atoms with Gasteiger partial charge in [-0.25, -0.2) is 27.9 Å². The van der Waals surface area contributed by atoms with Crippen LogP contribution >= 0.6 is 0 Å². The normalized spacial score (nSPS) is 16.1. The Labute approximate surface area is 279 Å². The Balaban J connectivity index is 1.26. The molecule has 3 N–H and O–H groups in total. The predicted molar refractivity (Wildman–Crippen MR) is 178 cm³/mol. The van der Waals surface area contributed by atoms with Crippen LogP contribution in [0.3, 0.4) is 0 Å². The number of fused-ring (bicyclic) bond motifs is 1. The average Bonchev–Trinajstić information content (AvgIpc) is 3.61. The molecular weight excluding hydrogens is 637 g/mol. The molecule has 1 fully saturated rings. The average molecular weight is 671 g/mol. The molecule has 2 aromatic carbocycles. The Morgan fingerprint density at radius 3 is 2.59 bits per heavy atom. The fraction of sp³-hybridized carbons (Fsp3) is 0.250. The van der Waals surface area contributed by atoms with Crippen LogP contribution in [0, 0.1) is 22.9 Å². The first-order chi connectivity index (χ1) is 23.5. The molecule has 1 aliphatic rings. The summed E-state index contributed by atoms with van der Waals surface area (Å²) >= 11 is 0. The number of benzene rings is 2. The van der Waals surface area contributed by atoms with Crippen molar-refractivity contribution in [3.05, 3.63) is 113 Å². The maximum Gasteiger partial charge on any atom is 0.335 e. The lowest BCUT2D eigenvalue weighted by atomic mass is 9.87. The molecule has 6 rings (SSSR count). The van der Waals surface area contributed by atoms with Gasteiger partial charge in [-0.2, -0.15) is 0 Å². The van der Waals surface area contributed by atoms with Gasteiger partial charge in [-0.1, -0.05) is 19.9 Å². The topological polar surface area (TPSA) is 138 Å². The number of carbonyl (C=O) groups is 1. The summed E-state index contributed by atoms with van der Waals surface area (Å²) in [6.45, 7) is 4.68. The summed E-state index contributed by atoms with van der Waals surface area (Å²) in [6, 6.07) is 12.4.